The maximum Gasteiger partial charge on any atom is 0.166 e. The Balaban J connectivity index is 1.72. The van der Waals surface area contributed by atoms with Gasteiger partial charge in [0, 0.05) is 11.5 Å². The van der Waals surface area contributed by atoms with Crippen LogP contribution in [0.25, 0.3) is 11.1 Å². The molecular formula is C26H33F3O. The summed E-state index contributed by atoms with van der Waals surface area (Å²) in [6.07, 6.45) is 8.82. The third-order valence-corrected chi connectivity index (χ3v) is 6.21. The minimum atomic E-state index is -0.893. The standard InChI is InChI=1S/C26H33F3O/c1-3-5-7-8-18-11-15-23(26(29)25(18)28)19-12-14-22(24(27)16-19)20-10-13-21(30-17-20)9-6-4-2/h11-12,14-16,20-21H,3-10,13,17H2,1-2H3. The zero-order chi connectivity index (χ0) is 21.5. The van der Waals surface area contributed by atoms with Crippen LogP contribution in [0.4, 0.5) is 13.2 Å². The molecule has 1 aliphatic rings. The molecule has 0 amide bonds. The molecule has 2 aromatic rings. The molecule has 164 valence electrons. The van der Waals surface area contributed by atoms with E-state index < -0.39 is 11.6 Å². The molecule has 2 unspecified atom stereocenters. The molecule has 30 heavy (non-hydrogen) atoms. The molecule has 0 bridgehead atoms. The van der Waals surface area contributed by atoms with Crippen LogP contribution in [0.3, 0.4) is 0 Å². The van der Waals surface area contributed by atoms with E-state index in [1.165, 1.54) is 6.07 Å². The van der Waals surface area contributed by atoms with Crippen molar-refractivity contribution in [3.63, 3.8) is 0 Å². The molecule has 4 heteroatoms. The number of hydrogen-bond donors (Lipinski definition) is 0. The number of halogens is 3. The number of ether oxygens (including phenoxy) is 1. The molecule has 0 spiro atoms. The number of aryl methyl sites for hydroxylation is 1. The average molecular weight is 419 g/mol. The lowest BCUT2D eigenvalue weighted by Crippen LogP contribution is -2.25. The van der Waals surface area contributed by atoms with Gasteiger partial charge in [0.05, 0.1) is 12.7 Å². The Morgan fingerprint density at radius 1 is 0.900 bits per heavy atom. The minimum absolute atomic E-state index is 0.0134. The lowest BCUT2D eigenvalue weighted by atomic mass is 9.88. The molecule has 0 N–H and O–H groups in total. The molecule has 3 rings (SSSR count). The summed E-state index contributed by atoms with van der Waals surface area (Å²) in [5, 5.41) is 0. The van der Waals surface area contributed by atoms with Gasteiger partial charge in [-0.25, -0.2) is 13.2 Å². The number of unbranched alkanes of at least 4 members (excludes halogenated alkanes) is 3. The summed E-state index contributed by atoms with van der Waals surface area (Å²) in [6, 6.07) is 7.91. The predicted molar refractivity (Wildman–Crippen MR) is 116 cm³/mol. The van der Waals surface area contributed by atoms with Gasteiger partial charge in [0.25, 0.3) is 0 Å². The van der Waals surface area contributed by atoms with Crippen LogP contribution in [0.2, 0.25) is 0 Å². The van der Waals surface area contributed by atoms with Crippen LogP contribution in [-0.2, 0) is 11.2 Å². The second-order valence-corrected chi connectivity index (χ2v) is 8.47. The van der Waals surface area contributed by atoms with Crippen molar-refractivity contribution in [1.29, 1.82) is 0 Å². The first-order valence-electron chi connectivity index (χ1n) is 11.4. The first kappa shape index (κ1) is 22.9. The van der Waals surface area contributed by atoms with Gasteiger partial charge < -0.3 is 4.74 Å². The first-order valence-corrected chi connectivity index (χ1v) is 11.4. The quantitative estimate of drug-likeness (QED) is 0.375. The number of hydrogen-bond acceptors (Lipinski definition) is 1. The van der Waals surface area contributed by atoms with Crippen LogP contribution in [0, 0.1) is 17.5 Å². The van der Waals surface area contributed by atoms with E-state index >= 15 is 0 Å². The van der Waals surface area contributed by atoms with E-state index in [1.54, 1.807) is 24.3 Å². The molecule has 2 aromatic carbocycles. The fraction of sp³-hybridized carbons (Fsp3) is 0.538. The van der Waals surface area contributed by atoms with Crippen molar-refractivity contribution in [1.82, 2.24) is 0 Å². The lowest BCUT2D eigenvalue weighted by molar-refractivity contribution is -0.00249. The third kappa shape index (κ3) is 5.46. The Morgan fingerprint density at radius 2 is 1.70 bits per heavy atom. The smallest absolute Gasteiger partial charge is 0.166 e. The van der Waals surface area contributed by atoms with E-state index in [-0.39, 0.29) is 23.4 Å². The van der Waals surface area contributed by atoms with Crippen molar-refractivity contribution < 1.29 is 17.9 Å². The number of benzene rings is 2. The molecular weight excluding hydrogens is 385 g/mol. The van der Waals surface area contributed by atoms with Gasteiger partial charge in [0.15, 0.2) is 11.6 Å². The van der Waals surface area contributed by atoms with Gasteiger partial charge in [-0.15, -0.1) is 0 Å². The highest BCUT2D eigenvalue weighted by atomic mass is 19.2. The van der Waals surface area contributed by atoms with Crippen LogP contribution in [0.5, 0.6) is 0 Å². The van der Waals surface area contributed by atoms with E-state index in [4.69, 9.17) is 4.74 Å². The first-order chi connectivity index (χ1) is 14.5. The topological polar surface area (TPSA) is 9.23 Å². The fourth-order valence-electron chi connectivity index (χ4n) is 4.31. The van der Waals surface area contributed by atoms with Gasteiger partial charge in [0.2, 0.25) is 0 Å². The SMILES string of the molecule is CCCCCc1ccc(-c2ccc(C3CCC(CCCC)OC3)c(F)c2)c(F)c1F. The molecule has 1 fully saturated rings. The van der Waals surface area contributed by atoms with Crippen molar-refractivity contribution >= 4 is 0 Å². The molecule has 0 radical (unpaired) electrons. The van der Waals surface area contributed by atoms with Crippen molar-refractivity contribution in [3.05, 3.63) is 58.9 Å². The molecule has 1 aliphatic heterocycles. The summed E-state index contributed by atoms with van der Waals surface area (Å²) in [6.45, 7) is 4.75. The summed E-state index contributed by atoms with van der Waals surface area (Å²) in [5.74, 6) is -2.07. The second kappa shape index (κ2) is 11.0. The Labute approximate surface area is 178 Å². The average Bonchev–Trinajstić information content (AvgIpc) is 2.76. The molecule has 0 aromatic heterocycles. The van der Waals surface area contributed by atoms with Crippen LogP contribution in [-0.4, -0.2) is 12.7 Å². The summed E-state index contributed by atoms with van der Waals surface area (Å²) in [5.41, 5.74) is 1.46. The minimum Gasteiger partial charge on any atom is -0.378 e. The normalized spacial score (nSPS) is 19.2. The highest BCUT2D eigenvalue weighted by Crippen LogP contribution is 2.34. The predicted octanol–water partition coefficient (Wildman–Crippen LogP) is 7.96. The summed E-state index contributed by atoms with van der Waals surface area (Å²) in [7, 11) is 0. The van der Waals surface area contributed by atoms with E-state index in [0.29, 0.717) is 29.7 Å². The zero-order valence-corrected chi connectivity index (χ0v) is 18.2. The van der Waals surface area contributed by atoms with E-state index in [1.807, 2.05) is 0 Å². The third-order valence-electron chi connectivity index (χ3n) is 6.21. The molecule has 1 heterocycles. The zero-order valence-electron chi connectivity index (χ0n) is 18.2. The van der Waals surface area contributed by atoms with Gasteiger partial charge in [0.1, 0.15) is 5.82 Å². The fourth-order valence-corrected chi connectivity index (χ4v) is 4.31. The summed E-state index contributed by atoms with van der Waals surface area (Å²) >= 11 is 0. The molecule has 1 nitrogen and oxygen atoms in total. The maximum atomic E-state index is 14.9. The van der Waals surface area contributed by atoms with Crippen molar-refractivity contribution in [2.24, 2.45) is 0 Å². The van der Waals surface area contributed by atoms with Crippen molar-refractivity contribution in [2.45, 2.75) is 83.7 Å². The molecule has 0 aliphatic carbocycles. The summed E-state index contributed by atoms with van der Waals surface area (Å²) < 4.78 is 50.0. The Bertz CT molecular complexity index is 825. The molecule has 1 saturated heterocycles. The van der Waals surface area contributed by atoms with Gasteiger partial charge in [-0.3, -0.25) is 0 Å². The van der Waals surface area contributed by atoms with Crippen LogP contribution in [0.1, 0.15) is 82.3 Å². The molecule has 0 saturated carbocycles. The van der Waals surface area contributed by atoms with E-state index in [9.17, 15) is 13.2 Å². The Kier molecular flexibility index (Phi) is 8.38. The Hall–Kier alpha value is -1.81. The largest absolute Gasteiger partial charge is 0.378 e. The van der Waals surface area contributed by atoms with Crippen molar-refractivity contribution in [2.75, 3.05) is 6.61 Å². The lowest BCUT2D eigenvalue weighted by Gasteiger charge is -2.29. The van der Waals surface area contributed by atoms with Crippen LogP contribution >= 0.6 is 0 Å². The van der Waals surface area contributed by atoms with E-state index in [0.717, 1.165) is 51.4 Å². The summed E-state index contributed by atoms with van der Waals surface area (Å²) in [4.78, 5) is 0. The monoisotopic (exact) mass is 418 g/mol. The second-order valence-electron chi connectivity index (χ2n) is 8.47. The van der Waals surface area contributed by atoms with Crippen molar-refractivity contribution in [3.8, 4) is 11.1 Å². The van der Waals surface area contributed by atoms with Gasteiger partial charge in [-0.2, -0.15) is 0 Å². The number of rotatable bonds is 9. The highest BCUT2D eigenvalue weighted by Gasteiger charge is 2.25. The maximum absolute atomic E-state index is 14.9. The van der Waals surface area contributed by atoms with Gasteiger partial charge >= 0.3 is 0 Å². The molecule has 2 atom stereocenters. The van der Waals surface area contributed by atoms with Gasteiger partial charge in [-0.1, -0.05) is 63.8 Å². The van der Waals surface area contributed by atoms with Crippen LogP contribution < -0.4 is 0 Å². The highest BCUT2D eigenvalue weighted by molar-refractivity contribution is 5.65. The van der Waals surface area contributed by atoms with Crippen LogP contribution in [0.15, 0.2) is 30.3 Å². The Morgan fingerprint density at radius 3 is 2.37 bits per heavy atom. The van der Waals surface area contributed by atoms with Gasteiger partial charge in [-0.05, 0) is 54.9 Å². The van der Waals surface area contributed by atoms with E-state index in [2.05, 4.69) is 13.8 Å².